The van der Waals surface area contributed by atoms with E-state index in [-0.39, 0.29) is 12.5 Å². The van der Waals surface area contributed by atoms with Gasteiger partial charge in [0.05, 0.1) is 0 Å². The molecule has 0 aromatic rings. The first-order chi connectivity index (χ1) is 8.19. The van der Waals surface area contributed by atoms with E-state index in [0.29, 0.717) is 24.3 Å². The van der Waals surface area contributed by atoms with Gasteiger partial charge in [0, 0.05) is 38.1 Å². The van der Waals surface area contributed by atoms with Crippen molar-refractivity contribution >= 4 is 5.91 Å². The quantitative estimate of drug-likeness (QED) is 0.764. The molecule has 1 aliphatic heterocycles. The number of amides is 1. The van der Waals surface area contributed by atoms with E-state index in [4.69, 9.17) is 10.8 Å². The molecule has 4 heteroatoms. The molecular formula is C13H24N2O2. The molecule has 1 saturated heterocycles. The standard InChI is InChI=1S/C13H24N2O2/c14-12-3-1-10(2-4-12)7-13(17)15-6-5-11(8-15)9-16/h10-12,16H,1-9,14H2. The zero-order valence-corrected chi connectivity index (χ0v) is 10.5. The van der Waals surface area contributed by atoms with Crippen LogP contribution >= 0.6 is 0 Å². The number of nitrogens with two attached hydrogens (primary N) is 1. The smallest absolute Gasteiger partial charge is 0.222 e. The van der Waals surface area contributed by atoms with Gasteiger partial charge in [-0.3, -0.25) is 4.79 Å². The van der Waals surface area contributed by atoms with Gasteiger partial charge in [0.15, 0.2) is 0 Å². The Morgan fingerprint density at radius 3 is 2.47 bits per heavy atom. The van der Waals surface area contributed by atoms with E-state index in [1.54, 1.807) is 0 Å². The van der Waals surface area contributed by atoms with Crippen LogP contribution in [0.4, 0.5) is 0 Å². The molecule has 1 unspecified atom stereocenters. The summed E-state index contributed by atoms with van der Waals surface area (Å²) in [5, 5.41) is 9.06. The van der Waals surface area contributed by atoms with E-state index in [0.717, 1.165) is 45.2 Å². The lowest BCUT2D eigenvalue weighted by Crippen LogP contribution is -2.33. The summed E-state index contributed by atoms with van der Waals surface area (Å²) in [6.45, 7) is 1.79. The largest absolute Gasteiger partial charge is 0.396 e. The highest BCUT2D eigenvalue weighted by Gasteiger charge is 2.28. The number of nitrogens with zero attached hydrogens (tertiary/aromatic N) is 1. The number of carbonyl (C=O) groups is 1. The van der Waals surface area contributed by atoms with Crippen LogP contribution in [0, 0.1) is 11.8 Å². The van der Waals surface area contributed by atoms with Gasteiger partial charge in [-0.05, 0) is 38.0 Å². The van der Waals surface area contributed by atoms with E-state index in [1.165, 1.54) is 0 Å². The molecule has 2 aliphatic rings. The Kier molecular flexibility index (Phi) is 4.40. The molecule has 1 aliphatic carbocycles. The van der Waals surface area contributed by atoms with Crippen LogP contribution in [0.3, 0.4) is 0 Å². The van der Waals surface area contributed by atoms with Crippen LogP contribution in [0.1, 0.15) is 38.5 Å². The summed E-state index contributed by atoms with van der Waals surface area (Å²) >= 11 is 0. The fraction of sp³-hybridized carbons (Fsp3) is 0.923. The maximum Gasteiger partial charge on any atom is 0.222 e. The van der Waals surface area contributed by atoms with E-state index in [1.807, 2.05) is 4.90 Å². The van der Waals surface area contributed by atoms with Gasteiger partial charge in [0.25, 0.3) is 0 Å². The molecule has 2 rings (SSSR count). The minimum atomic E-state index is 0.210. The molecule has 0 bridgehead atoms. The summed E-state index contributed by atoms with van der Waals surface area (Å²) in [5.41, 5.74) is 5.86. The molecule has 0 spiro atoms. The lowest BCUT2D eigenvalue weighted by molar-refractivity contribution is -0.131. The first-order valence-electron chi connectivity index (χ1n) is 6.83. The molecule has 17 heavy (non-hydrogen) atoms. The topological polar surface area (TPSA) is 66.6 Å². The third-order valence-electron chi connectivity index (χ3n) is 4.25. The predicted octanol–water partition coefficient (Wildman–Crippen LogP) is 0.735. The Bertz CT molecular complexity index is 262. The van der Waals surface area contributed by atoms with Crippen LogP contribution in [0.15, 0.2) is 0 Å². The second-order valence-electron chi connectivity index (χ2n) is 5.66. The zero-order valence-electron chi connectivity index (χ0n) is 10.5. The first kappa shape index (κ1) is 12.8. The van der Waals surface area contributed by atoms with Crippen LogP contribution in [-0.2, 0) is 4.79 Å². The van der Waals surface area contributed by atoms with Crippen molar-refractivity contribution < 1.29 is 9.90 Å². The Balaban J connectivity index is 1.74. The summed E-state index contributed by atoms with van der Waals surface area (Å²) in [5.74, 6) is 1.12. The molecule has 1 saturated carbocycles. The van der Waals surface area contributed by atoms with E-state index >= 15 is 0 Å². The monoisotopic (exact) mass is 240 g/mol. The lowest BCUT2D eigenvalue weighted by Gasteiger charge is -2.27. The first-order valence-corrected chi connectivity index (χ1v) is 6.83. The van der Waals surface area contributed by atoms with Crippen molar-refractivity contribution in [2.45, 2.75) is 44.6 Å². The average Bonchev–Trinajstić information content (AvgIpc) is 2.81. The molecular weight excluding hydrogens is 216 g/mol. The highest BCUT2D eigenvalue weighted by molar-refractivity contribution is 5.76. The Morgan fingerprint density at radius 1 is 1.18 bits per heavy atom. The number of hydrogen-bond acceptors (Lipinski definition) is 3. The van der Waals surface area contributed by atoms with Gasteiger partial charge < -0.3 is 15.7 Å². The van der Waals surface area contributed by atoms with Crippen molar-refractivity contribution in [1.29, 1.82) is 0 Å². The summed E-state index contributed by atoms with van der Waals surface area (Å²) in [6.07, 6.45) is 5.98. The number of hydrogen-bond donors (Lipinski definition) is 2. The van der Waals surface area contributed by atoms with E-state index in [9.17, 15) is 4.79 Å². The molecule has 98 valence electrons. The number of rotatable bonds is 3. The van der Waals surface area contributed by atoms with Crippen LogP contribution in [0.25, 0.3) is 0 Å². The summed E-state index contributed by atoms with van der Waals surface area (Å²) < 4.78 is 0. The van der Waals surface area contributed by atoms with Gasteiger partial charge in [-0.15, -0.1) is 0 Å². The van der Waals surface area contributed by atoms with Crippen molar-refractivity contribution in [3.05, 3.63) is 0 Å². The van der Waals surface area contributed by atoms with Crippen LogP contribution in [-0.4, -0.2) is 41.7 Å². The second kappa shape index (κ2) is 5.83. The molecule has 1 amide bonds. The van der Waals surface area contributed by atoms with Crippen molar-refractivity contribution in [2.75, 3.05) is 19.7 Å². The maximum absolute atomic E-state index is 12.1. The number of carbonyl (C=O) groups excluding carboxylic acids is 1. The normalized spacial score (nSPS) is 34.0. The molecule has 0 aromatic carbocycles. The fourth-order valence-corrected chi connectivity index (χ4v) is 2.98. The Hall–Kier alpha value is -0.610. The number of likely N-dealkylation sites (tertiary alicyclic amines) is 1. The fourth-order valence-electron chi connectivity index (χ4n) is 2.98. The number of aliphatic hydroxyl groups excluding tert-OH is 1. The third kappa shape index (κ3) is 3.42. The lowest BCUT2D eigenvalue weighted by atomic mass is 9.84. The third-order valence-corrected chi connectivity index (χ3v) is 4.25. The molecule has 1 heterocycles. The van der Waals surface area contributed by atoms with Crippen molar-refractivity contribution in [2.24, 2.45) is 17.6 Å². The van der Waals surface area contributed by atoms with Crippen molar-refractivity contribution in [3.8, 4) is 0 Å². The second-order valence-corrected chi connectivity index (χ2v) is 5.66. The molecule has 3 N–H and O–H groups in total. The van der Waals surface area contributed by atoms with Crippen LogP contribution in [0.5, 0.6) is 0 Å². The van der Waals surface area contributed by atoms with E-state index < -0.39 is 0 Å². The van der Waals surface area contributed by atoms with Gasteiger partial charge in [0.1, 0.15) is 0 Å². The van der Waals surface area contributed by atoms with Gasteiger partial charge in [-0.2, -0.15) is 0 Å². The minimum Gasteiger partial charge on any atom is -0.396 e. The summed E-state index contributed by atoms with van der Waals surface area (Å²) in [4.78, 5) is 14.0. The number of aliphatic hydroxyl groups is 1. The van der Waals surface area contributed by atoms with Crippen molar-refractivity contribution in [1.82, 2.24) is 4.90 Å². The van der Waals surface area contributed by atoms with Crippen LogP contribution in [0.2, 0.25) is 0 Å². The minimum absolute atomic E-state index is 0.210. The molecule has 4 nitrogen and oxygen atoms in total. The zero-order chi connectivity index (χ0) is 12.3. The summed E-state index contributed by atoms with van der Waals surface area (Å²) in [7, 11) is 0. The maximum atomic E-state index is 12.1. The van der Waals surface area contributed by atoms with Crippen molar-refractivity contribution in [3.63, 3.8) is 0 Å². The molecule has 1 atom stereocenters. The SMILES string of the molecule is NC1CCC(CC(=O)N2CCC(CO)C2)CC1. The van der Waals surface area contributed by atoms with Gasteiger partial charge >= 0.3 is 0 Å². The van der Waals surface area contributed by atoms with Gasteiger partial charge in [-0.1, -0.05) is 0 Å². The highest BCUT2D eigenvalue weighted by Crippen LogP contribution is 2.27. The average molecular weight is 240 g/mol. The highest BCUT2D eigenvalue weighted by atomic mass is 16.3. The molecule has 2 fully saturated rings. The Labute approximate surface area is 103 Å². The Morgan fingerprint density at radius 2 is 1.88 bits per heavy atom. The van der Waals surface area contributed by atoms with E-state index in [2.05, 4.69) is 0 Å². The predicted molar refractivity (Wildman–Crippen MR) is 66.3 cm³/mol. The van der Waals surface area contributed by atoms with Gasteiger partial charge in [0.2, 0.25) is 5.91 Å². The van der Waals surface area contributed by atoms with Gasteiger partial charge in [-0.25, -0.2) is 0 Å². The molecule has 0 radical (unpaired) electrons. The summed E-state index contributed by atoms with van der Waals surface area (Å²) in [6, 6.07) is 0.354. The van der Waals surface area contributed by atoms with Crippen LogP contribution < -0.4 is 5.73 Å². The molecule has 0 aromatic heterocycles.